The fourth-order valence-corrected chi connectivity index (χ4v) is 2.36. The molecule has 0 aliphatic rings. The van der Waals surface area contributed by atoms with E-state index in [1.54, 1.807) is 4.90 Å². The predicted molar refractivity (Wildman–Crippen MR) is 82.6 cm³/mol. The number of aryl methyl sites for hydroxylation is 2. The van der Waals surface area contributed by atoms with E-state index in [0.717, 1.165) is 27.9 Å². The zero-order valence-electron chi connectivity index (χ0n) is 12.2. The lowest BCUT2D eigenvalue weighted by Gasteiger charge is -2.18. The molecule has 20 heavy (non-hydrogen) atoms. The molecule has 0 fully saturated rings. The molecule has 3 heteroatoms. The number of amides is 1. The molecule has 0 saturated heterocycles. The first-order valence-electron chi connectivity index (χ1n) is 6.64. The van der Waals surface area contributed by atoms with Gasteiger partial charge in [0.15, 0.2) is 0 Å². The van der Waals surface area contributed by atoms with Crippen LogP contribution in [0.1, 0.15) is 27.0 Å². The monoisotopic (exact) mass is 268 g/mol. The van der Waals surface area contributed by atoms with Crippen LogP contribution in [0.5, 0.6) is 0 Å². The second-order valence-electron chi connectivity index (χ2n) is 5.28. The van der Waals surface area contributed by atoms with Crippen LogP contribution in [-0.2, 0) is 6.54 Å². The molecular formula is C17H20N2O. The van der Waals surface area contributed by atoms with Gasteiger partial charge in [-0.25, -0.2) is 0 Å². The van der Waals surface area contributed by atoms with Gasteiger partial charge in [0.2, 0.25) is 0 Å². The van der Waals surface area contributed by atoms with Crippen LogP contribution in [0.4, 0.5) is 5.69 Å². The quantitative estimate of drug-likeness (QED) is 0.869. The minimum Gasteiger partial charge on any atom is -0.399 e. The van der Waals surface area contributed by atoms with Crippen LogP contribution in [0.3, 0.4) is 0 Å². The van der Waals surface area contributed by atoms with Crippen molar-refractivity contribution in [2.24, 2.45) is 0 Å². The van der Waals surface area contributed by atoms with Crippen molar-refractivity contribution in [3.05, 3.63) is 64.7 Å². The zero-order chi connectivity index (χ0) is 14.7. The van der Waals surface area contributed by atoms with Gasteiger partial charge < -0.3 is 10.6 Å². The van der Waals surface area contributed by atoms with Gasteiger partial charge in [-0.15, -0.1) is 0 Å². The zero-order valence-corrected chi connectivity index (χ0v) is 12.2. The lowest BCUT2D eigenvalue weighted by Crippen LogP contribution is -2.26. The maximum Gasteiger partial charge on any atom is 0.253 e. The van der Waals surface area contributed by atoms with Crippen LogP contribution >= 0.6 is 0 Å². The molecule has 0 aromatic heterocycles. The van der Waals surface area contributed by atoms with Gasteiger partial charge in [-0.05, 0) is 43.7 Å². The third kappa shape index (κ3) is 3.38. The first-order chi connectivity index (χ1) is 9.45. The lowest BCUT2D eigenvalue weighted by atomic mass is 10.1. The Morgan fingerprint density at radius 3 is 2.35 bits per heavy atom. The smallest absolute Gasteiger partial charge is 0.253 e. The molecule has 2 aromatic carbocycles. The number of carbonyl (C=O) groups excluding carboxylic acids is 1. The van der Waals surface area contributed by atoms with Gasteiger partial charge in [0.1, 0.15) is 0 Å². The van der Waals surface area contributed by atoms with Crippen LogP contribution in [0.25, 0.3) is 0 Å². The van der Waals surface area contributed by atoms with Crippen molar-refractivity contribution in [3.63, 3.8) is 0 Å². The molecule has 2 rings (SSSR count). The van der Waals surface area contributed by atoms with Gasteiger partial charge in [0.25, 0.3) is 5.91 Å². The molecule has 1 amide bonds. The van der Waals surface area contributed by atoms with Crippen LogP contribution < -0.4 is 5.73 Å². The molecule has 0 aliphatic carbocycles. The van der Waals surface area contributed by atoms with Crippen molar-refractivity contribution in [2.45, 2.75) is 20.4 Å². The molecule has 0 saturated carbocycles. The van der Waals surface area contributed by atoms with E-state index < -0.39 is 0 Å². The Labute approximate surface area is 120 Å². The van der Waals surface area contributed by atoms with Crippen LogP contribution in [0, 0.1) is 13.8 Å². The molecule has 0 radical (unpaired) electrons. The van der Waals surface area contributed by atoms with E-state index in [9.17, 15) is 4.79 Å². The Balaban J connectivity index is 2.16. The summed E-state index contributed by atoms with van der Waals surface area (Å²) in [5, 5.41) is 0. The largest absolute Gasteiger partial charge is 0.399 e. The van der Waals surface area contributed by atoms with Gasteiger partial charge in [-0.2, -0.15) is 0 Å². The molecule has 104 valence electrons. The van der Waals surface area contributed by atoms with Crippen molar-refractivity contribution in [1.29, 1.82) is 0 Å². The normalized spacial score (nSPS) is 10.3. The number of nitrogens with zero attached hydrogens (tertiary/aromatic N) is 1. The minimum atomic E-state index is 0.0271. The number of carbonyl (C=O) groups is 1. The average molecular weight is 268 g/mol. The molecule has 0 heterocycles. The summed E-state index contributed by atoms with van der Waals surface area (Å²) in [5.41, 5.74) is 10.4. The molecule has 0 aliphatic heterocycles. The number of benzene rings is 2. The van der Waals surface area contributed by atoms with E-state index in [4.69, 9.17) is 5.73 Å². The standard InChI is InChI=1S/C17H20N2O/c1-12-7-13(2)9-15(8-12)17(20)19(3)11-14-5-4-6-16(18)10-14/h4-10H,11,18H2,1-3H3. The molecular weight excluding hydrogens is 248 g/mol. The number of anilines is 1. The predicted octanol–water partition coefficient (Wildman–Crippen LogP) is 3.16. The molecule has 2 aromatic rings. The summed E-state index contributed by atoms with van der Waals surface area (Å²) in [5.74, 6) is 0.0271. The molecule has 0 atom stereocenters. The SMILES string of the molecule is Cc1cc(C)cc(C(=O)N(C)Cc2cccc(N)c2)c1. The van der Waals surface area contributed by atoms with E-state index in [0.29, 0.717) is 6.54 Å². The highest BCUT2D eigenvalue weighted by atomic mass is 16.2. The van der Waals surface area contributed by atoms with Gasteiger partial charge >= 0.3 is 0 Å². The fraction of sp³-hybridized carbons (Fsp3) is 0.235. The van der Waals surface area contributed by atoms with Gasteiger partial charge in [-0.1, -0.05) is 29.3 Å². The van der Waals surface area contributed by atoms with E-state index in [2.05, 4.69) is 6.07 Å². The van der Waals surface area contributed by atoms with E-state index in [1.807, 2.05) is 57.3 Å². The highest BCUT2D eigenvalue weighted by molar-refractivity contribution is 5.94. The maximum absolute atomic E-state index is 12.4. The highest BCUT2D eigenvalue weighted by Crippen LogP contribution is 2.14. The van der Waals surface area contributed by atoms with Gasteiger partial charge in [0, 0.05) is 24.8 Å². The van der Waals surface area contributed by atoms with Crippen molar-refractivity contribution < 1.29 is 4.79 Å². The molecule has 0 bridgehead atoms. The summed E-state index contributed by atoms with van der Waals surface area (Å²) in [6, 6.07) is 13.5. The van der Waals surface area contributed by atoms with E-state index >= 15 is 0 Å². The number of nitrogen functional groups attached to an aromatic ring is 1. The van der Waals surface area contributed by atoms with Gasteiger partial charge in [-0.3, -0.25) is 4.79 Å². The highest BCUT2D eigenvalue weighted by Gasteiger charge is 2.12. The van der Waals surface area contributed by atoms with Crippen molar-refractivity contribution in [2.75, 3.05) is 12.8 Å². The van der Waals surface area contributed by atoms with Crippen molar-refractivity contribution in [3.8, 4) is 0 Å². The van der Waals surface area contributed by atoms with Crippen molar-refractivity contribution in [1.82, 2.24) is 4.90 Å². The molecule has 2 N–H and O–H groups in total. The Hall–Kier alpha value is -2.29. The number of hydrogen-bond acceptors (Lipinski definition) is 2. The van der Waals surface area contributed by atoms with Gasteiger partial charge in [0.05, 0.1) is 0 Å². The first-order valence-corrected chi connectivity index (χ1v) is 6.64. The van der Waals surface area contributed by atoms with Crippen LogP contribution in [0.2, 0.25) is 0 Å². The third-order valence-electron chi connectivity index (χ3n) is 3.19. The summed E-state index contributed by atoms with van der Waals surface area (Å²) in [7, 11) is 1.81. The second kappa shape index (κ2) is 5.78. The summed E-state index contributed by atoms with van der Waals surface area (Å²) in [6.07, 6.45) is 0. The summed E-state index contributed by atoms with van der Waals surface area (Å²) < 4.78 is 0. The summed E-state index contributed by atoms with van der Waals surface area (Å²) >= 11 is 0. The second-order valence-corrected chi connectivity index (χ2v) is 5.28. The molecule has 0 spiro atoms. The number of hydrogen-bond donors (Lipinski definition) is 1. The Morgan fingerprint density at radius 2 is 1.75 bits per heavy atom. The first kappa shape index (κ1) is 14.1. The summed E-state index contributed by atoms with van der Waals surface area (Å²) in [6.45, 7) is 4.56. The number of rotatable bonds is 3. The fourth-order valence-electron chi connectivity index (χ4n) is 2.36. The third-order valence-corrected chi connectivity index (χ3v) is 3.19. The topological polar surface area (TPSA) is 46.3 Å². The van der Waals surface area contributed by atoms with Crippen LogP contribution in [0.15, 0.2) is 42.5 Å². The summed E-state index contributed by atoms with van der Waals surface area (Å²) in [4.78, 5) is 14.1. The Morgan fingerprint density at radius 1 is 1.10 bits per heavy atom. The average Bonchev–Trinajstić information content (AvgIpc) is 2.36. The van der Waals surface area contributed by atoms with E-state index in [-0.39, 0.29) is 5.91 Å². The lowest BCUT2D eigenvalue weighted by molar-refractivity contribution is 0.0785. The minimum absolute atomic E-state index is 0.0271. The maximum atomic E-state index is 12.4. The Bertz CT molecular complexity index is 614. The number of nitrogens with two attached hydrogens (primary N) is 1. The van der Waals surface area contributed by atoms with Crippen molar-refractivity contribution >= 4 is 11.6 Å². The molecule has 0 unspecified atom stereocenters. The Kier molecular flexibility index (Phi) is 4.08. The van der Waals surface area contributed by atoms with Crippen LogP contribution in [-0.4, -0.2) is 17.9 Å². The van der Waals surface area contributed by atoms with E-state index in [1.165, 1.54) is 0 Å². The molecule has 3 nitrogen and oxygen atoms in total.